The van der Waals surface area contributed by atoms with Gasteiger partial charge in [-0.25, -0.2) is 4.98 Å². The molecule has 7 heteroatoms. The number of benzene rings is 1. The molecule has 1 fully saturated rings. The van der Waals surface area contributed by atoms with Gasteiger partial charge >= 0.3 is 5.69 Å². The summed E-state index contributed by atoms with van der Waals surface area (Å²) in [6.45, 7) is 4.45. The van der Waals surface area contributed by atoms with Crippen molar-refractivity contribution in [2.24, 2.45) is 5.92 Å². The number of aromatic nitrogens is 1. The van der Waals surface area contributed by atoms with E-state index in [0.717, 1.165) is 41.2 Å². The van der Waals surface area contributed by atoms with Crippen LogP contribution in [0.3, 0.4) is 0 Å². The Labute approximate surface area is 126 Å². The number of rotatable bonds is 5. The summed E-state index contributed by atoms with van der Waals surface area (Å²) in [6.07, 6.45) is 2.06. The van der Waals surface area contributed by atoms with Crippen molar-refractivity contribution in [1.82, 2.24) is 10.3 Å². The third-order valence-corrected chi connectivity index (χ3v) is 4.65. The first-order valence-corrected chi connectivity index (χ1v) is 7.84. The number of hydrogen-bond donors (Lipinski definition) is 1. The molecule has 0 radical (unpaired) electrons. The van der Waals surface area contributed by atoms with Crippen LogP contribution in [0.1, 0.15) is 17.8 Å². The van der Waals surface area contributed by atoms with Gasteiger partial charge in [-0.1, -0.05) is 0 Å². The highest BCUT2D eigenvalue weighted by atomic mass is 32.1. The predicted molar refractivity (Wildman–Crippen MR) is 82.1 cm³/mol. The van der Waals surface area contributed by atoms with Crippen LogP contribution in [-0.2, 0) is 0 Å². The van der Waals surface area contributed by atoms with E-state index in [2.05, 4.69) is 10.3 Å². The molecular formula is C14H17N3O3S. The second-order valence-electron chi connectivity index (χ2n) is 5.27. The van der Waals surface area contributed by atoms with Crippen molar-refractivity contribution in [2.45, 2.75) is 19.8 Å². The Morgan fingerprint density at radius 3 is 3.14 bits per heavy atom. The summed E-state index contributed by atoms with van der Waals surface area (Å²) in [4.78, 5) is 15.2. The van der Waals surface area contributed by atoms with E-state index in [1.165, 1.54) is 11.3 Å². The minimum absolute atomic E-state index is 0.0238. The van der Waals surface area contributed by atoms with E-state index >= 15 is 0 Å². The molecule has 21 heavy (non-hydrogen) atoms. The highest BCUT2D eigenvalue weighted by Crippen LogP contribution is 2.34. The standard InChI is InChI=1S/C14H17N3O3S/c1-9-16-11-6-13(12(17(18)19)7-14(11)21-9)20-5-3-10-2-4-15-8-10/h6-7,10,15H,2-5,8H2,1H3. The van der Waals surface area contributed by atoms with E-state index < -0.39 is 0 Å². The first kappa shape index (κ1) is 14.2. The topological polar surface area (TPSA) is 77.3 Å². The minimum Gasteiger partial charge on any atom is -0.487 e. The summed E-state index contributed by atoms with van der Waals surface area (Å²) < 4.78 is 6.50. The molecule has 3 rings (SSSR count). The maximum Gasteiger partial charge on any atom is 0.312 e. The molecular weight excluding hydrogens is 290 g/mol. The highest BCUT2D eigenvalue weighted by Gasteiger charge is 2.20. The number of ether oxygens (including phenoxy) is 1. The predicted octanol–water partition coefficient (Wildman–Crippen LogP) is 2.89. The van der Waals surface area contributed by atoms with E-state index in [4.69, 9.17) is 4.74 Å². The molecule has 0 aliphatic carbocycles. The molecule has 1 unspecified atom stereocenters. The quantitative estimate of drug-likeness (QED) is 0.679. The fourth-order valence-electron chi connectivity index (χ4n) is 2.61. The highest BCUT2D eigenvalue weighted by molar-refractivity contribution is 7.18. The number of fused-ring (bicyclic) bond motifs is 1. The molecule has 1 aromatic heterocycles. The molecule has 1 atom stereocenters. The van der Waals surface area contributed by atoms with Crippen LogP contribution in [0.5, 0.6) is 5.75 Å². The first-order chi connectivity index (χ1) is 10.1. The summed E-state index contributed by atoms with van der Waals surface area (Å²) >= 11 is 1.46. The number of hydrogen-bond acceptors (Lipinski definition) is 6. The Kier molecular flexibility index (Phi) is 4.03. The zero-order valence-corrected chi connectivity index (χ0v) is 12.6. The summed E-state index contributed by atoms with van der Waals surface area (Å²) in [7, 11) is 0. The zero-order chi connectivity index (χ0) is 14.8. The van der Waals surface area contributed by atoms with Crippen molar-refractivity contribution >= 4 is 27.2 Å². The lowest BCUT2D eigenvalue weighted by Crippen LogP contribution is -2.12. The van der Waals surface area contributed by atoms with Gasteiger partial charge in [-0.15, -0.1) is 11.3 Å². The molecule has 1 aliphatic rings. The van der Waals surface area contributed by atoms with Gasteiger partial charge in [0.2, 0.25) is 0 Å². The van der Waals surface area contributed by atoms with Gasteiger partial charge in [-0.2, -0.15) is 0 Å². The number of nitrogens with one attached hydrogen (secondary N) is 1. The lowest BCUT2D eigenvalue weighted by atomic mass is 10.1. The lowest BCUT2D eigenvalue weighted by molar-refractivity contribution is -0.385. The lowest BCUT2D eigenvalue weighted by Gasteiger charge is -2.10. The number of thiazole rings is 1. The van der Waals surface area contributed by atoms with Gasteiger partial charge in [0, 0.05) is 12.1 Å². The molecule has 1 aromatic carbocycles. The summed E-state index contributed by atoms with van der Waals surface area (Å²) in [6, 6.07) is 3.25. The summed E-state index contributed by atoms with van der Waals surface area (Å²) in [5.41, 5.74) is 0.788. The molecule has 6 nitrogen and oxygen atoms in total. The molecule has 0 saturated carbocycles. The number of nitro groups is 1. The van der Waals surface area contributed by atoms with Crippen LogP contribution in [0.25, 0.3) is 10.2 Å². The number of nitrogens with zero attached hydrogens (tertiary/aromatic N) is 2. The van der Waals surface area contributed by atoms with Crippen molar-refractivity contribution in [3.63, 3.8) is 0 Å². The average Bonchev–Trinajstić information content (AvgIpc) is 3.05. The van der Waals surface area contributed by atoms with Crippen molar-refractivity contribution in [2.75, 3.05) is 19.7 Å². The third kappa shape index (κ3) is 3.14. The summed E-state index contributed by atoms with van der Waals surface area (Å²) in [5, 5.41) is 15.4. The van der Waals surface area contributed by atoms with Gasteiger partial charge in [0.05, 0.1) is 26.8 Å². The van der Waals surface area contributed by atoms with Gasteiger partial charge in [-0.3, -0.25) is 10.1 Å². The van der Waals surface area contributed by atoms with Crippen LogP contribution in [0.2, 0.25) is 0 Å². The van der Waals surface area contributed by atoms with Crippen molar-refractivity contribution in [1.29, 1.82) is 0 Å². The molecule has 0 bridgehead atoms. The molecule has 0 spiro atoms. The van der Waals surface area contributed by atoms with E-state index in [-0.39, 0.29) is 10.6 Å². The molecule has 1 saturated heterocycles. The molecule has 1 N–H and O–H groups in total. The number of nitro benzene ring substituents is 1. The monoisotopic (exact) mass is 307 g/mol. The fraction of sp³-hybridized carbons (Fsp3) is 0.500. The van der Waals surface area contributed by atoms with Crippen LogP contribution in [-0.4, -0.2) is 29.6 Å². The van der Waals surface area contributed by atoms with Crippen molar-refractivity contribution in [3.05, 3.63) is 27.3 Å². The second-order valence-corrected chi connectivity index (χ2v) is 6.51. The maximum absolute atomic E-state index is 11.2. The van der Waals surface area contributed by atoms with Crippen LogP contribution < -0.4 is 10.1 Å². The third-order valence-electron chi connectivity index (χ3n) is 3.72. The number of aryl methyl sites for hydroxylation is 1. The van der Waals surface area contributed by atoms with Gasteiger partial charge < -0.3 is 10.1 Å². The van der Waals surface area contributed by atoms with Gasteiger partial charge in [0.15, 0.2) is 5.75 Å². The molecule has 2 aromatic rings. The largest absolute Gasteiger partial charge is 0.487 e. The van der Waals surface area contributed by atoms with Gasteiger partial charge in [0.1, 0.15) is 0 Å². The van der Waals surface area contributed by atoms with E-state index in [1.807, 2.05) is 6.92 Å². The van der Waals surface area contributed by atoms with Crippen LogP contribution >= 0.6 is 11.3 Å². The Hall–Kier alpha value is -1.73. The minimum atomic E-state index is -0.388. The van der Waals surface area contributed by atoms with Gasteiger partial charge in [0.25, 0.3) is 0 Å². The second kappa shape index (κ2) is 5.95. The molecule has 112 valence electrons. The Bertz CT molecular complexity index is 665. The van der Waals surface area contributed by atoms with E-state index in [0.29, 0.717) is 18.3 Å². The van der Waals surface area contributed by atoms with E-state index in [9.17, 15) is 10.1 Å². The smallest absolute Gasteiger partial charge is 0.312 e. The SMILES string of the molecule is Cc1nc2cc(OCCC3CCNC3)c([N+](=O)[O-])cc2s1. The van der Waals surface area contributed by atoms with Crippen LogP contribution in [0, 0.1) is 23.0 Å². The van der Waals surface area contributed by atoms with Crippen molar-refractivity contribution < 1.29 is 9.66 Å². The van der Waals surface area contributed by atoms with Crippen molar-refractivity contribution in [3.8, 4) is 5.75 Å². The zero-order valence-electron chi connectivity index (χ0n) is 11.8. The summed E-state index contributed by atoms with van der Waals surface area (Å²) in [5.74, 6) is 0.929. The maximum atomic E-state index is 11.2. The normalized spacial score (nSPS) is 18.2. The Balaban J connectivity index is 1.78. The first-order valence-electron chi connectivity index (χ1n) is 7.02. The van der Waals surface area contributed by atoms with E-state index in [1.54, 1.807) is 12.1 Å². The van der Waals surface area contributed by atoms with Crippen LogP contribution in [0.15, 0.2) is 12.1 Å². The fourth-order valence-corrected chi connectivity index (χ4v) is 3.46. The van der Waals surface area contributed by atoms with Crippen LogP contribution in [0.4, 0.5) is 5.69 Å². The Morgan fingerprint density at radius 2 is 2.43 bits per heavy atom. The molecule has 2 heterocycles. The molecule has 1 aliphatic heterocycles. The molecule has 0 amide bonds. The van der Waals surface area contributed by atoms with Gasteiger partial charge in [-0.05, 0) is 38.8 Å². The Morgan fingerprint density at radius 1 is 1.57 bits per heavy atom. The average molecular weight is 307 g/mol.